The van der Waals surface area contributed by atoms with Crippen molar-refractivity contribution in [2.75, 3.05) is 26.9 Å². The number of methoxy groups -OCH3 is 1. The van der Waals surface area contributed by atoms with Crippen LogP contribution in [0.3, 0.4) is 0 Å². The lowest BCUT2D eigenvalue weighted by molar-refractivity contribution is -0.145. The molecule has 0 amide bonds. The predicted molar refractivity (Wildman–Crippen MR) is 104 cm³/mol. The lowest BCUT2D eigenvalue weighted by Gasteiger charge is -2.19. The number of rotatable bonds is 10. The molecule has 0 aliphatic heterocycles. The van der Waals surface area contributed by atoms with E-state index in [1.807, 2.05) is 28.8 Å². The molecule has 1 unspecified atom stereocenters. The summed E-state index contributed by atoms with van der Waals surface area (Å²) in [4.78, 5) is 25.0. The largest absolute Gasteiger partial charge is 0.497 e. The van der Waals surface area contributed by atoms with Gasteiger partial charge in [-0.3, -0.25) is 4.79 Å². The van der Waals surface area contributed by atoms with Gasteiger partial charge < -0.3 is 23.9 Å². The maximum atomic E-state index is 12.5. The molecule has 7 heteroatoms. The first-order valence-electron chi connectivity index (χ1n) is 9.32. The smallest absolute Gasteiger partial charge is 0.339 e. The Hall–Kier alpha value is -2.80. The first-order chi connectivity index (χ1) is 13.5. The van der Waals surface area contributed by atoms with Gasteiger partial charge in [0, 0.05) is 25.0 Å². The first-order valence-corrected chi connectivity index (χ1v) is 9.32. The maximum Gasteiger partial charge on any atom is 0.339 e. The molecule has 28 heavy (non-hydrogen) atoms. The molecule has 1 heterocycles. The Morgan fingerprint density at radius 1 is 1.07 bits per heavy atom. The highest BCUT2D eigenvalue weighted by molar-refractivity contribution is 5.93. The molecule has 0 spiro atoms. The van der Waals surface area contributed by atoms with Crippen molar-refractivity contribution < 1.29 is 28.9 Å². The van der Waals surface area contributed by atoms with Gasteiger partial charge in [-0.2, -0.15) is 0 Å². The van der Waals surface area contributed by atoms with Crippen molar-refractivity contribution in [3.63, 3.8) is 0 Å². The highest BCUT2D eigenvalue weighted by Gasteiger charge is 2.30. The van der Waals surface area contributed by atoms with E-state index >= 15 is 0 Å². The van der Waals surface area contributed by atoms with Crippen molar-refractivity contribution in [1.29, 1.82) is 0 Å². The van der Waals surface area contributed by atoms with Crippen LogP contribution in [0, 0.1) is 0 Å². The average Bonchev–Trinajstić information content (AvgIpc) is 3.10. The van der Waals surface area contributed by atoms with Gasteiger partial charge in [0.1, 0.15) is 11.7 Å². The zero-order valence-electron chi connectivity index (χ0n) is 16.5. The van der Waals surface area contributed by atoms with E-state index in [0.717, 1.165) is 11.3 Å². The second kappa shape index (κ2) is 10.5. The quantitative estimate of drug-likeness (QED) is 0.629. The Bertz CT molecular complexity index is 781. The van der Waals surface area contributed by atoms with Gasteiger partial charge in [-0.15, -0.1) is 0 Å². The Labute approximate surface area is 164 Å². The van der Waals surface area contributed by atoms with Crippen LogP contribution in [0.5, 0.6) is 5.75 Å². The summed E-state index contributed by atoms with van der Waals surface area (Å²) in [6, 6.07) is 9.17. The molecule has 1 aromatic carbocycles. The highest BCUT2D eigenvalue weighted by atomic mass is 16.5. The van der Waals surface area contributed by atoms with Gasteiger partial charge in [-0.1, -0.05) is 12.1 Å². The van der Waals surface area contributed by atoms with E-state index < -0.39 is 17.9 Å². The molecule has 7 nitrogen and oxygen atoms in total. The monoisotopic (exact) mass is 389 g/mol. The minimum absolute atomic E-state index is 0.151. The van der Waals surface area contributed by atoms with Crippen LogP contribution in [0.15, 0.2) is 36.5 Å². The van der Waals surface area contributed by atoms with Crippen LogP contribution in [0.25, 0.3) is 0 Å². The van der Waals surface area contributed by atoms with Crippen molar-refractivity contribution in [3.05, 3.63) is 53.3 Å². The van der Waals surface area contributed by atoms with Crippen LogP contribution in [-0.2, 0) is 20.8 Å². The molecule has 1 atom stereocenters. The maximum absolute atomic E-state index is 12.5. The summed E-state index contributed by atoms with van der Waals surface area (Å²) >= 11 is 0. The van der Waals surface area contributed by atoms with Crippen molar-refractivity contribution in [1.82, 2.24) is 4.57 Å². The third-order valence-electron chi connectivity index (χ3n) is 4.33. The number of aromatic nitrogens is 1. The van der Waals surface area contributed by atoms with E-state index in [9.17, 15) is 14.7 Å². The predicted octanol–water partition coefficient (Wildman–Crippen LogP) is 2.75. The fourth-order valence-corrected chi connectivity index (χ4v) is 3.06. The van der Waals surface area contributed by atoms with Crippen molar-refractivity contribution in [2.24, 2.45) is 0 Å². The molecule has 152 valence electrons. The van der Waals surface area contributed by atoms with Gasteiger partial charge in [0.05, 0.1) is 25.9 Å². The molecule has 1 aromatic heterocycles. The topological polar surface area (TPSA) is 87.0 Å². The Morgan fingerprint density at radius 2 is 1.75 bits per heavy atom. The van der Waals surface area contributed by atoms with Crippen molar-refractivity contribution >= 4 is 11.9 Å². The molecular formula is C21H27NO6. The Kier molecular flexibility index (Phi) is 8.07. The summed E-state index contributed by atoms with van der Waals surface area (Å²) in [7, 11) is 1.60. The molecule has 0 saturated heterocycles. The second-order valence-electron chi connectivity index (χ2n) is 6.13. The standard InChI is InChI=1S/C21H27NO6/c1-4-27-20(24)17-10-12-22(14-15-6-8-16(26-3)9-7-15)19(17)18(11-13-23)21(25)28-5-2/h6-10,12,18,23H,4-5,11,13-14H2,1-3H3. The minimum atomic E-state index is -0.766. The van der Waals surface area contributed by atoms with E-state index in [-0.39, 0.29) is 26.2 Å². The fraction of sp³-hybridized carbons (Fsp3) is 0.429. The fourth-order valence-electron chi connectivity index (χ4n) is 3.06. The van der Waals surface area contributed by atoms with Crippen LogP contribution >= 0.6 is 0 Å². The molecule has 0 saturated carbocycles. The molecule has 0 radical (unpaired) electrons. The second-order valence-corrected chi connectivity index (χ2v) is 6.13. The molecule has 2 aromatic rings. The van der Waals surface area contributed by atoms with Gasteiger partial charge in [0.25, 0.3) is 0 Å². The summed E-state index contributed by atoms with van der Waals surface area (Å²) in [5.41, 5.74) is 1.77. The number of esters is 2. The summed E-state index contributed by atoms with van der Waals surface area (Å²) in [5, 5.41) is 9.48. The average molecular weight is 389 g/mol. The number of nitrogens with zero attached hydrogens (tertiary/aromatic N) is 1. The molecule has 0 aliphatic carbocycles. The molecule has 0 bridgehead atoms. The molecule has 2 rings (SSSR count). The number of benzene rings is 1. The minimum Gasteiger partial charge on any atom is -0.497 e. The first kappa shape index (κ1) is 21.5. The van der Waals surface area contributed by atoms with E-state index in [4.69, 9.17) is 14.2 Å². The van der Waals surface area contributed by atoms with Crippen LogP contribution in [0.4, 0.5) is 0 Å². The van der Waals surface area contributed by atoms with Crippen LogP contribution < -0.4 is 4.74 Å². The number of carbonyl (C=O) groups excluding carboxylic acids is 2. The van der Waals surface area contributed by atoms with E-state index in [2.05, 4.69) is 0 Å². The number of ether oxygens (including phenoxy) is 3. The molecular weight excluding hydrogens is 362 g/mol. The van der Waals surface area contributed by atoms with Gasteiger partial charge >= 0.3 is 11.9 Å². The van der Waals surface area contributed by atoms with Crippen molar-refractivity contribution in [2.45, 2.75) is 32.7 Å². The number of aliphatic hydroxyl groups is 1. The number of aliphatic hydroxyl groups excluding tert-OH is 1. The normalized spacial score (nSPS) is 11.7. The van der Waals surface area contributed by atoms with E-state index in [1.165, 1.54) is 0 Å². The highest BCUT2D eigenvalue weighted by Crippen LogP contribution is 2.28. The Morgan fingerprint density at radius 3 is 2.32 bits per heavy atom. The molecule has 1 N–H and O–H groups in total. The van der Waals surface area contributed by atoms with Gasteiger partial charge in [0.15, 0.2) is 0 Å². The number of carbonyl (C=O) groups is 2. The summed E-state index contributed by atoms with van der Waals surface area (Å²) in [6.45, 7) is 4.12. The third kappa shape index (κ3) is 5.13. The summed E-state index contributed by atoms with van der Waals surface area (Å²) < 4.78 is 17.3. The van der Waals surface area contributed by atoms with Crippen LogP contribution in [-0.4, -0.2) is 48.5 Å². The SMILES string of the molecule is CCOC(=O)c1ccn(Cc2ccc(OC)cc2)c1C(CCO)C(=O)OCC. The summed E-state index contributed by atoms with van der Waals surface area (Å²) in [6.07, 6.45) is 1.90. The molecule has 0 aliphatic rings. The van der Waals surface area contributed by atoms with E-state index in [0.29, 0.717) is 17.8 Å². The number of hydrogen-bond donors (Lipinski definition) is 1. The lowest BCUT2D eigenvalue weighted by atomic mass is 9.98. The van der Waals surface area contributed by atoms with Gasteiger partial charge in [-0.25, -0.2) is 4.79 Å². The zero-order valence-corrected chi connectivity index (χ0v) is 16.5. The third-order valence-corrected chi connectivity index (χ3v) is 4.33. The zero-order chi connectivity index (χ0) is 20.5. The number of hydrogen-bond acceptors (Lipinski definition) is 6. The van der Waals surface area contributed by atoms with Gasteiger partial charge in [0.2, 0.25) is 0 Å². The summed E-state index contributed by atoms with van der Waals surface area (Å²) in [5.74, 6) is -0.999. The van der Waals surface area contributed by atoms with Crippen LogP contribution in [0.2, 0.25) is 0 Å². The van der Waals surface area contributed by atoms with Gasteiger partial charge in [-0.05, 0) is 44.0 Å². The molecule has 0 fully saturated rings. The Balaban J connectivity index is 2.45. The van der Waals surface area contributed by atoms with Crippen LogP contribution in [0.1, 0.15) is 47.8 Å². The van der Waals surface area contributed by atoms with E-state index in [1.54, 1.807) is 33.2 Å². The van der Waals surface area contributed by atoms with Crippen molar-refractivity contribution in [3.8, 4) is 5.75 Å². The lowest BCUT2D eigenvalue weighted by Crippen LogP contribution is -2.23.